The summed E-state index contributed by atoms with van der Waals surface area (Å²) in [5.74, 6) is 1.81. The molecule has 0 atom stereocenters. The minimum absolute atomic E-state index is 0.573. The van der Waals surface area contributed by atoms with Crippen molar-refractivity contribution < 1.29 is 0 Å². The zero-order valence-electron chi connectivity index (χ0n) is 29.8. The molecule has 256 valence electrons. The van der Waals surface area contributed by atoms with Crippen LogP contribution >= 0.6 is 0 Å². The Labute approximate surface area is 317 Å². The van der Waals surface area contributed by atoms with Crippen LogP contribution in [0.2, 0.25) is 0 Å². The third-order valence-electron chi connectivity index (χ3n) is 10.8. The summed E-state index contributed by atoms with van der Waals surface area (Å²) in [5, 5.41) is 9.80. The standard InChI is InChI=1S/C51H32N4/c1-3-16-33(17-4-1)35-20-15-21-36(32-35)49-52-50(43-27-12-7-22-37(43)34-18-5-2-6-19-34)54-51(53-49)55-45-29-14-13-28-44(45)48-46(55)31-30-42-40-25-9-8-23-38(40)39-24-10-11-26-41(39)47(42)48/h1-32H. The van der Waals surface area contributed by atoms with Gasteiger partial charge in [-0.3, -0.25) is 4.57 Å². The maximum absolute atomic E-state index is 5.37. The molecule has 55 heavy (non-hydrogen) atoms. The van der Waals surface area contributed by atoms with Crippen LogP contribution in [0.3, 0.4) is 0 Å². The molecule has 0 aliphatic heterocycles. The first-order valence-electron chi connectivity index (χ1n) is 18.6. The van der Waals surface area contributed by atoms with Gasteiger partial charge in [0.1, 0.15) is 0 Å². The molecule has 0 bridgehead atoms. The van der Waals surface area contributed by atoms with Crippen molar-refractivity contribution in [3.63, 3.8) is 0 Å². The Kier molecular flexibility index (Phi) is 7.14. The zero-order valence-corrected chi connectivity index (χ0v) is 29.8. The van der Waals surface area contributed by atoms with Crippen molar-refractivity contribution in [2.45, 2.75) is 0 Å². The molecular formula is C51H32N4. The summed E-state index contributed by atoms with van der Waals surface area (Å²) in [6, 6.07) is 68.5. The van der Waals surface area contributed by atoms with Crippen molar-refractivity contribution in [2.24, 2.45) is 0 Å². The van der Waals surface area contributed by atoms with E-state index in [0.717, 1.165) is 49.8 Å². The highest BCUT2D eigenvalue weighted by atomic mass is 15.2. The van der Waals surface area contributed by atoms with Crippen LogP contribution in [0.4, 0.5) is 0 Å². The van der Waals surface area contributed by atoms with Crippen molar-refractivity contribution in [3.8, 4) is 51.0 Å². The van der Waals surface area contributed by atoms with E-state index in [0.29, 0.717) is 17.6 Å². The van der Waals surface area contributed by atoms with Gasteiger partial charge < -0.3 is 0 Å². The van der Waals surface area contributed by atoms with Crippen LogP contribution in [0.25, 0.3) is 105 Å². The highest BCUT2D eigenvalue weighted by Gasteiger charge is 2.22. The van der Waals surface area contributed by atoms with Gasteiger partial charge >= 0.3 is 0 Å². The lowest BCUT2D eigenvalue weighted by atomic mass is 9.92. The topological polar surface area (TPSA) is 43.6 Å². The minimum Gasteiger partial charge on any atom is -0.278 e. The molecule has 0 aliphatic carbocycles. The Morgan fingerprint density at radius 1 is 0.291 bits per heavy atom. The van der Waals surface area contributed by atoms with Gasteiger partial charge in [-0.15, -0.1) is 0 Å². The molecule has 4 nitrogen and oxygen atoms in total. The summed E-state index contributed by atoms with van der Waals surface area (Å²) in [7, 11) is 0. The van der Waals surface area contributed by atoms with E-state index < -0.39 is 0 Å². The first kappa shape index (κ1) is 31.1. The van der Waals surface area contributed by atoms with Gasteiger partial charge in [0, 0.05) is 27.3 Å². The fraction of sp³-hybridized carbons (Fsp3) is 0. The maximum atomic E-state index is 5.37. The quantitative estimate of drug-likeness (QED) is 0.168. The number of benzene rings is 9. The van der Waals surface area contributed by atoms with Crippen LogP contribution in [0.1, 0.15) is 0 Å². The molecule has 0 fully saturated rings. The number of para-hydroxylation sites is 1. The van der Waals surface area contributed by atoms with Crippen molar-refractivity contribution in [2.75, 3.05) is 0 Å². The van der Waals surface area contributed by atoms with Crippen LogP contribution in [0.5, 0.6) is 0 Å². The fourth-order valence-corrected chi connectivity index (χ4v) is 8.40. The number of nitrogens with zero attached hydrogens (tertiary/aromatic N) is 4. The third-order valence-corrected chi connectivity index (χ3v) is 10.8. The molecule has 9 aromatic carbocycles. The molecule has 11 rings (SSSR count). The molecular weight excluding hydrogens is 669 g/mol. The monoisotopic (exact) mass is 700 g/mol. The Hall–Kier alpha value is -7.43. The van der Waals surface area contributed by atoms with E-state index in [-0.39, 0.29) is 0 Å². The van der Waals surface area contributed by atoms with Crippen LogP contribution in [-0.2, 0) is 0 Å². The van der Waals surface area contributed by atoms with Gasteiger partial charge in [0.25, 0.3) is 0 Å². The molecule has 0 saturated carbocycles. The highest BCUT2D eigenvalue weighted by molar-refractivity contribution is 6.35. The summed E-state index contributed by atoms with van der Waals surface area (Å²) in [6.07, 6.45) is 0. The minimum atomic E-state index is 0.573. The van der Waals surface area contributed by atoms with Gasteiger partial charge in [0.2, 0.25) is 5.95 Å². The number of hydrogen-bond acceptors (Lipinski definition) is 3. The fourth-order valence-electron chi connectivity index (χ4n) is 8.40. The van der Waals surface area contributed by atoms with Crippen LogP contribution < -0.4 is 0 Å². The second-order valence-corrected chi connectivity index (χ2v) is 14.0. The molecule has 0 amide bonds. The second-order valence-electron chi connectivity index (χ2n) is 14.0. The summed E-state index contributed by atoms with van der Waals surface area (Å²) in [5.41, 5.74) is 8.38. The first-order valence-corrected chi connectivity index (χ1v) is 18.6. The van der Waals surface area contributed by atoms with E-state index in [9.17, 15) is 0 Å². The predicted molar refractivity (Wildman–Crippen MR) is 228 cm³/mol. The van der Waals surface area contributed by atoms with Gasteiger partial charge in [-0.1, -0.05) is 176 Å². The lowest BCUT2D eigenvalue weighted by molar-refractivity contribution is 0.954. The van der Waals surface area contributed by atoms with Crippen molar-refractivity contribution in [1.82, 2.24) is 19.5 Å². The molecule has 0 unspecified atom stereocenters. The van der Waals surface area contributed by atoms with Crippen LogP contribution in [0.15, 0.2) is 194 Å². The average molecular weight is 701 g/mol. The molecule has 2 aromatic heterocycles. The van der Waals surface area contributed by atoms with Gasteiger partial charge in [-0.25, -0.2) is 4.98 Å². The predicted octanol–water partition coefficient (Wildman–Crippen LogP) is 13.1. The number of aromatic nitrogens is 4. The molecule has 0 spiro atoms. The van der Waals surface area contributed by atoms with E-state index in [2.05, 4.69) is 187 Å². The Morgan fingerprint density at radius 3 is 1.56 bits per heavy atom. The molecule has 0 aliphatic rings. The molecule has 2 heterocycles. The first-order chi connectivity index (χ1) is 27.3. The summed E-state index contributed by atoms with van der Waals surface area (Å²) in [4.78, 5) is 16.0. The average Bonchev–Trinajstić information content (AvgIpc) is 3.61. The Balaban J connectivity index is 1.24. The molecule has 11 aromatic rings. The van der Waals surface area contributed by atoms with Gasteiger partial charge in [-0.2, -0.15) is 9.97 Å². The second kappa shape index (κ2) is 12.6. The van der Waals surface area contributed by atoms with Crippen LogP contribution in [0, 0.1) is 0 Å². The van der Waals surface area contributed by atoms with Gasteiger partial charge in [0.15, 0.2) is 11.6 Å². The van der Waals surface area contributed by atoms with Crippen molar-refractivity contribution in [3.05, 3.63) is 194 Å². The molecule has 0 N–H and O–H groups in total. The zero-order chi connectivity index (χ0) is 36.3. The SMILES string of the molecule is c1ccc(-c2cccc(-c3nc(-c4ccccc4-c4ccccc4)nc(-n4c5ccccc5c5c6c7ccccc7c7ccccc7c6ccc54)n3)c2)cc1. The van der Waals surface area contributed by atoms with E-state index in [4.69, 9.17) is 15.0 Å². The van der Waals surface area contributed by atoms with Crippen molar-refractivity contribution >= 4 is 54.1 Å². The molecule has 4 heteroatoms. The lowest BCUT2D eigenvalue weighted by Gasteiger charge is -2.14. The van der Waals surface area contributed by atoms with E-state index in [1.165, 1.54) is 37.7 Å². The Morgan fingerprint density at radius 2 is 0.818 bits per heavy atom. The third kappa shape index (κ3) is 5.03. The lowest BCUT2D eigenvalue weighted by Crippen LogP contribution is -2.07. The van der Waals surface area contributed by atoms with Gasteiger partial charge in [-0.05, 0) is 67.4 Å². The van der Waals surface area contributed by atoms with Crippen LogP contribution in [-0.4, -0.2) is 19.5 Å². The highest BCUT2D eigenvalue weighted by Crippen LogP contribution is 2.43. The summed E-state index contributed by atoms with van der Waals surface area (Å²) < 4.78 is 2.23. The van der Waals surface area contributed by atoms with E-state index in [1.807, 2.05) is 12.1 Å². The molecule has 0 radical (unpaired) electrons. The maximum Gasteiger partial charge on any atom is 0.238 e. The molecule has 0 saturated heterocycles. The van der Waals surface area contributed by atoms with E-state index in [1.54, 1.807) is 0 Å². The van der Waals surface area contributed by atoms with E-state index >= 15 is 0 Å². The smallest absolute Gasteiger partial charge is 0.238 e. The number of fused-ring (bicyclic) bond motifs is 10. The van der Waals surface area contributed by atoms with Crippen molar-refractivity contribution in [1.29, 1.82) is 0 Å². The summed E-state index contributed by atoms with van der Waals surface area (Å²) >= 11 is 0. The van der Waals surface area contributed by atoms with Gasteiger partial charge in [0.05, 0.1) is 11.0 Å². The number of rotatable bonds is 5. The summed E-state index contributed by atoms with van der Waals surface area (Å²) in [6.45, 7) is 0. The number of hydrogen-bond donors (Lipinski definition) is 0. The normalized spacial score (nSPS) is 11.6. The largest absolute Gasteiger partial charge is 0.278 e. The Bertz CT molecular complexity index is 3220.